The summed E-state index contributed by atoms with van der Waals surface area (Å²) in [7, 11) is 0. The van der Waals surface area contributed by atoms with E-state index >= 15 is 0 Å². The zero-order valence-electron chi connectivity index (χ0n) is 17.5. The van der Waals surface area contributed by atoms with E-state index in [0.717, 1.165) is 13.1 Å². The summed E-state index contributed by atoms with van der Waals surface area (Å²) in [5.41, 5.74) is 5.06. The maximum Gasteiger partial charge on any atom is 0.108 e. The Labute approximate surface area is 184 Å². The highest BCUT2D eigenvalue weighted by molar-refractivity contribution is 5.33. The molecule has 0 saturated carbocycles. The van der Waals surface area contributed by atoms with Crippen molar-refractivity contribution in [1.82, 2.24) is 4.90 Å². The minimum Gasteiger partial charge on any atom is -0.363 e. The highest BCUT2D eigenvalue weighted by Crippen LogP contribution is 2.36. The molecule has 0 aliphatic carbocycles. The van der Waals surface area contributed by atoms with Crippen molar-refractivity contribution >= 4 is 0 Å². The predicted octanol–water partition coefficient (Wildman–Crippen LogP) is 6.27. The molecule has 2 nitrogen and oxygen atoms in total. The van der Waals surface area contributed by atoms with Crippen LogP contribution in [0.2, 0.25) is 0 Å². The second-order valence-electron chi connectivity index (χ2n) is 8.14. The fourth-order valence-electron chi connectivity index (χ4n) is 4.45. The monoisotopic (exact) mass is 405 g/mol. The Morgan fingerprint density at radius 2 is 0.871 bits per heavy atom. The van der Waals surface area contributed by atoms with Gasteiger partial charge in [-0.1, -0.05) is 121 Å². The highest BCUT2D eigenvalue weighted by atomic mass is 16.5. The van der Waals surface area contributed by atoms with Gasteiger partial charge in [-0.05, 0) is 22.3 Å². The summed E-state index contributed by atoms with van der Waals surface area (Å²) < 4.78 is 6.67. The second kappa shape index (κ2) is 9.30. The fraction of sp³-hybridized carbons (Fsp3) is 0.172. The van der Waals surface area contributed by atoms with Gasteiger partial charge in [-0.2, -0.15) is 0 Å². The van der Waals surface area contributed by atoms with Crippen LogP contribution in [0.1, 0.15) is 34.4 Å². The van der Waals surface area contributed by atoms with Crippen LogP contribution >= 0.6 is 0 Å². The molecule has 0 radical (unpaired) electrons. The molecule has 0 amide bonds. The molecule has 2 heteroatoms. The first-order chi connectivity index (χ1) is 15.4. The average Bonchev–Trinajstić information content (AvgIpc) is 2.83. The molecule has 1 heterocycles. The molecule has 0 aromatic heterocycles. The molecule has 1 fully saturated rings. The molecule has 0 unspecified atom stereocenters. The quantitative estimate of drug-likeness (QED) is 0.359. The zero-order valence-corrected chi connectivity index (χ0v) is 17.5. The van der Waals surface area contributed by atoms with E-state index in [1.54, 1.807) is 0 Å². The maximum atomic E-state index is 6.67. The summed E-state index contributed by atoms with van der Waals surface area (Å²) in [5.74, 6) is 0. The van der Waals surface area contributed by atoms with E-state index in [4.69, 9.17) is 4.74 Å². The van der Waals surface area contributed by atoms with Gasteiger partial charge in [0.1, 0.15) is 6.10 Å². The molecule has 31 heavy (non-hydrogen) atoms. The van der Waals surface area contributed by atoms with Gasteiger partial charge in [0.05, 0.1) is 12.1 Å². The van der Waals surface area contributed by atoms with Crippen LogP contribution in [0.4, 0.5) is 0 Å². The first-order valence-corrected chi connectivity index (χ1v) is 11.0. The maximum absolute atomic E-state index is 6.67. The fourth-order valence-corrected chi connectivity index (χ4v) is 4.45. The van der Waals surface area contributed by atoms with Crippen molar-refractivity contribution < 1.29 is 4.74 Å². The highest BCUT2D eigenvalue weighted by Gasteiger charge is 2.36. The lowest BCUT2D eigenvalue weighted by molar-refractivity contribution is -0.0910. The minimum absolute atomic E-state index is 0.0403. The van der Waals surface area contributed by atoms with Crippen LogP contribution in [0.5, 0.6) is 0 Å². The van der Waals surface area contributed by atoms with Gasteiger partial charge >= 0.3 is 0 Å². The number of hydrogen-bond donors (Lipinski definition) is 0. The molecule has 154 valence electrons. The van der Waals surface area contributed by atoms with Crippen molar-refractivity contribution in [2.24, 2.45) is 0 Å². The van der Waals surface area contributed by atoms with Crippen molar-refractivity contribution in [2.45, 2.75) is 18.2 Å². The molecular formula is C29H27NO. The third-order valence-corrected chi connectivity index (χ3v) is 6.01. The molecule has 1 aliphatic rings. The molecule has 0 atom stereocenters. The van der Waals surface area contributed by atoms with Gasteiger partial charge in [0.2, 0.25) is 0 Å². The van der Waals surface area contributed by atoms with Crippen molar-refractivity contribution in [3.05, 3.63) is 144 Å². The first-order valence-electron chi connectivity index (χ1n) is 11.0. The van der Waals surface area contributed by atoms with Gasteiger partial charge in [-0.25, -0.2) is 0 Å². The number of hydrogen-bond acceptors (Lipinski definition) is 2. The van der Waals surface area contributed by atoms with Crippen LogP contribution in [-0.4, -0.2) is 24.1 Å². The number of benzene rings is 4. The molecule has 1 saturated heterocycles. The topological polar surface area (TPSA) is 12.5 Å². The van der Waals surface area contributed by atoms with Gasteiger partial charge in [0, 0.05) is 13.1 Å². The number of likely N-dealkylation sites (tertiary alicyclic amines) is 1. The number of rotatable bonds is 7. The van der Waals surface area contributed by atoms with Gasteiger partial charge in [0.25, 0.3) is 0 Å². The lowest BCUT2D eigenvalue weighted by Gasteiger charge is -2.45. The molecule has 4 aromatic carbocycles. The first kappa shape index (κ1) is 19.7. The van der Waals surface area contributed by atoms with E-state index in [9.17, 15) is 0 Å². The Bertz CT molecular complexity index is 982. The van der Waals surface area contributed by atoms with Crippen LogP contribution < -0.4 is 0 Å². The zero-order chi connectivity index (χ0) is 20.9. The lowest BCUT2D eigenvalue weighted by Crippen LogP contribution is -2.54. The molecule has 5 rings (SSSR count). The van der Waals surface area contributed by atoms with Crippen molar-refractivity contribution in [3.8, 4) is 0 Å². The Kier molecular flexibility index (Phi) is 5.92. The molecular weight excluding hydrogens is 378 g/mol. The summed E-state index contributed by atoms with van der Waals surface area (Å²) in [6.45, 7) is 1.84. The van der Waals surface area contributed by atoms with Crippen LogP contribution in [0.3, 0.4) is 0 Å². The third-order valence-electron chi connectivity index (χ3n) is 6.01. The van der Waals surface area contributed by atoms with E-state index < -0.39 is 0 Å². The minimum atomic E-state index is -0.0403. The molecule has 0 bridgehead atoms. The third kappa shape index (κ3) is 4.46. The molecule has 1 aliphatic heterocycles. The number of ether oxygens (including phenoxy) is 1. The van der Waals surface area contributed by atoms with E-state index in [1.165, 1.54) is 22.3 Å². The Morgan fingerprint density at radius 3 is 1.26 bits per heavy atom. The van der Waals surface area contributed by atoms with E-state index in [1.807, 2.05) is 0 Å². The van der Waals surface area contributed by atoms with Crippen LogP contribution in [0.25, 0.3) is 0 Å². The van der Waals surface area contributed by atoms with Gasteiger partial charge < -0.3 is 4.74 Å². The largest absolute Gasteiger partial charge is 0.363 e. The van der Waals surface area contributed by atoms with Gasteiger partial charge in [-0.3, -0.25) is 4.90 Å². The van der Waals surface area contributed by atoms with E-state index in [0.29, 0.717) is 0 Å². The SMILES string of the molecule is c1ccc(C(OC2CN(C(c3ccccc3)c3ccccc3)C2)c2ccccc2)cc1. The van der Waals surface area contributed by atoms with E-state index in [-0.39, 0.29) is 18.2 Å². The number of nitrogens with zero attached hydrogens (tertiary/aromatic N) is 1. The molecule has 0 N–H and O–H groups in total. The standard InChI is InChI=1S/C29H27NO/c1-5-13-23(14-6-1)28(24-15-7-2-8-16-24)30-21-27(22-30)31-29(25-17-9-3-10-18-25)26-19-11-4-12-20-26/h1-20,27-29H,21-22H2. The predicted molar refractivity (Wildman–Crippen MR) is 126 cm³/mol. The summed E-state index contributed by atoms with van der Waals surface area (Å²) in [6, 6.07) is 42.9. The summed E-state index contributed by atoms with van der Waals surface area (Å²) in [6.07, 6.45) is 0.168. The van der Waals surface area contributed by atoms with Gasteiger partial charge in [-0.15, -0.1) is 0 Å². The average molecular weight is 406 g/mol. The summed E-state index contributed by atoms with van der Waals surface area (Å²) in [4.78, 5) is 2.52. The van der Waals surface area contributed by atoms with Crippen molar-refractivity contribution in [1.29, 1.82) is 0 Å². The normalized spacial score (nSPS) is 14.6. The second-order valence-corrected chi connectivity index (χ2v) is 8.14. The van der Waals surface area contributed by atoms with Crippen LogP contribution in [-0.2, 0) is 4.74 Å². The summed E-state index contributed by atoms with van der Waals surface area (Å²) >= 11 is 0. The smallest absolute Gasteiger partial charge is 0.108 e. The van der Waals surface area contributed by atoms with Crippen molar-refractivity contribution in [3.63, 3.8) is 0 Å². The Morgan fingerprint density at radius 1 is 0.516 bits per heavy atom. The van der Waals surface area contributed by atoms with Gasteiger partial charge in [0.15, 0.2) is 0 Å². The lowest BCUT2D eigenvalue weighted by atomic mass is 9.93. The summed E-state index contributed by atoms with van der Waals surface area (Å²) in [5, 5.41) is 0. The molecule has 0 spiro atoms. The Hall–Kier alpha value is -3.20. The Balaban J connectivity index is 1.35. The van der Waals surface area contributed by atoms with Crippen LogP contribution in [0, 0.1) is 0 Å². The van der Waals surface area contributed by atoms with Crippen LogP contribution in [0.15, 0.2) is 121 Å². The van der Waals surface area contributed by atoms with Crippen molar-refractivity contribution in [2.75, 3.05) is 13.1 Å². The van der Waals surface area contributed by atoms with E-state index in [2.05, 4.69) is 126 Å². The molecule has 4 aromatic rings.